The van der Waals surface area contributed by atoms with Crippen LogP contribution in [-0.4, -0.2) is 55.4 Å². The molecule has 1 saturated heterocycles. The van der Waals surface area contributed by atoms with Crippen LogP contribution in [0.2, 0.25) is 0 Å². The number of nitrogens with one attached hydrogen (secondary N) is 1. The molecular formula is C26H32Br2Cl2N4O5. The molecule has 1 aliphatic heterocycles. The van der Waals surface area contributed by atoms with Crippen molar-refractivity contribution in [3.8, 4) is 0 Å². The summed E-state index contributed by atoms with van der Waals surface area (Å²) in [7, 11) is 0. The van der Waals surface area contributed by atoms with Crippen LogP contribution in [-0.2, 0) is 19.1 Å². The summed E-state index contributed by atoms with van der Waals surface area (Å²) < 4.78 is 6.68. The second-order valence-corrected chi connectivity index (χ2v) is 10.2. The lowest BCUT2D eigenvalue weighted by Gasteiger charge is -2.15. The van der Waals surface area contributed by atoms with E-state index in [0.717, 1.165) is 32.0 Å². The van der Waals surface area contributed by atoms with Crippen molar-refractivity contribution in [2.45, 2.75) is 34.6 Å². The Morgan fingerprint density at radius 3 is 1.90 bits per heavy atom. The van der Waals surface area contributed by atoms with E-state index in [0.29, 0.717) is 18.6 Å². The van der Waals surface area contributed by atoms with E-state index < -0.39 is 5.97 Å². The lowest BCUT2D eigenvalue weighted by Crippen LogP contribution is -2.30. The number of aryl methyl sites for hydroxylation is 4. The summed E-state index contributed by atoms with van der Waals surface area (Å²) in [5.74, 6) is -0.633. The number of hydrogen-bond acceptors (Lipinski definition) is 7. The number of anilines is 2. The zero-order chi connectivity index (χ0) is 30.1. The molecule has 0 aromatic heterocycles. The number of halogens is 4. The van der Waals surface area contributed by atoms with Gasteiger partial charge in [0.1, 0.15) is 6.54 Å². The number of esters is 1. The molecule has 3 rings (SSSR count). The molecule has 2 aromatic rings. The van der Waals surface area contributed by atoms with E-state index in [1.807, 2.05) is 52.0 Å². The van der Waals surface area contributed by atoms with E-state index in [1.165, 1.54) is 16.0 Å². The van der Waals surface area contributed by atoms with Gasteiger partial charge in [-0.1, -0.05) is 31.9 Å². The number of rotatable bonds is 5. The zero-order valence-electron chi connectivity index (χ0n) is 22.3. The maximum atomic E-state index is 11.5. The van der Waals surface area contributed by atoms with E-state index in [-0.39, 0.29) is 30.4 Å². The van der Waals surface area contributed by atoms with Crippen molar-refractivity contribution in [3.63, 3.8) is 0 Å². The first-order chi connectivity index (χ1) is 18.3. The zero-order valence-corrected chi connectivity index (χ0v) is 27.0. The second-order valence-electron chi connectivity index (χ2n) is 7.78. The maximum absolute atomic E-state index is 11.5. The molecule has 0 unspecified atom stereocenters. The van der Waals surface area contributed by atoms with E-state index in [2.05, 4.69) is 46.9 Å². The van der Waals surface area contributed by atoms with Crippen molar-refractivity contribution >= 4 is 96.8 Å². The van der Waals surface area contributed by atoms with Crippen LogP contribution >= 0.6 is 55.1 Å². The SMILES string of the molecule is CCOC(=O)CN=CC=O.Cc1cc(N)cc(C)c1Br.Cc1cc(N2C(=O)CNC2=O)cc(C)c1Br.ClCCl. The van der Waals surface area contributed by atoms with Crippen molar-refractivity contribution in [1.29, 1.82) is 0 Å². The molecule has 39 heavy (non-hydrogen) atoms. The van der Waals surface area contributed by atoms with Gasteiger partial charge in [-0.2, -0.15) is 0 Å². The molecule has 0 aliphatic carbocycles. The summed E-state index contributed by atoms with van der Waals surface area (Å²) in [5, 5.41) is 2.69. The number of amides is 3. The standard InChI is InChI=1S/C11H11BrN2O2.C8H10BrN.C6H9NO3.CH2Cl2/c1-6-3-8(4-7(2)10(6)12)14-9(15)5-13-11(14)16;1-5-3-7(10)4-6(2)8(5)9;1-2-10-6(9)5-7-3-4-8;2-1-3/h3-4H,5H2,1-2H3,(H,13,16);3-4H,10H2,1-2H3;3-4H,2,5H2,1H3;1H2. The normalized spacial score (nSPS) is 11.9. The Hall–Kier alpha value is -2.47. The van der Waals surface area contributed by atoms with Crippen molar-refractivity contribution in [2.75, 3.05) is 35.7 Å². The van der Waals surface area contributed by atoms with Crippen molar-refractivity contribution in [3.05, 3.63) is 55.5 Å². The number of benzene rings is 2. The van der Waals surface area contributed by atoms with Gasteiger partial charge in [-0.05, 0) is 81.1 Å². The van der Waals surface area contributed by atoms with Crippen LogP contribution in [0.1, 0.15) is 29.2 Å². The maximum Gasteiger partial charge on any atom is 0.329 e. The molecule has 3 amide bonds. The van der Waals surface area contributed by atoms with Crippen molar-refractivity contribution < 1.29 is 23.9 Å². The quantitative estimate of drug-likeness (QED) is 0.0976. The van der Waals surface area contributed by atoms with Gasteiger partial charge < -0.3 is 15.8 Å². The van der Waals surface area contributed by atoms with Crippen LogP contribution in [0.3, 0.4) is 0 Å². The van der Waals surface area contributed by atoms with Crippen LogP contribution in [0.25, 0.3) is 0 Å². The van der Waals surface area contributed by atoms with Crippen LogP contribution < -0.4 is 16.0 Å². The van der Waals surface area contributed by atoms with Gasteiger partial charge in [-0.3, -0.25) is 19.4 Å². The van der Waals surface area contributed by atoms with E-state index in [4.69, 9.17) is 28.9 Å². The monoisotopic (exact) mass is 708 g/mol. The minimum Gasteiger partial charge on any atom is -0.465 e. The number of urea groups is 1. The summed E-state index contributed by atoms with van der Waals surface area (Å²) in [5.41, 5.74) is 11.5. The molecule has 1 fully saturated rings. The predicted molar refractivity (Wildman–Crippen MR) is 165 cm³/mol. The smallest absolute Gasteiger partial charge is 0.329 e. The molecule has 9 nitrogen and oxygen atoms in total. The summed E-state index contributed by atoms with van der Waals surface area (Å²) in [4.78, 5) is 47.7. The first-order valence-corrected chi connectivity index (χ1v) is 14.1. The van der Waals surface area contributed by atoms with Crippen LogP contribution in [0, 0.1) is 27.7 Å². The number of aliphatic imine (C=N–C) groups is 1. The highest BCUT2D eigenvalue weighted by molar-refractivity contribution is 9.10. The molecule has 0 bridgehead atoms. The number of nitrogens with two attached hydrogens (primary N) is 1. The summed E-state index contributed by atoms with van der Waals surface area (Å²) >= 11 is 16.4. The van der Waals surface area contributed by atoms with Crippen LogP contribution in [0.5, 0.6) is 0 Å². The number of ether oxygens (including phenoxy) is 1. The average molecular weight is 711 g/mol. The third kappa shape index (κ3) is 13.4. The number of aldehydes is 1. The summed E-state index contributed by atoms with van der Waals surface area (Å²) in [6, 6.07) is 7.19. The van der Waals surface area contributed by atoms with Gasteiger partial charge >= 0.3 is 12.0 Å². The number of carbonyl (C=O) groups excluding carboxylic acids is 4. The number of imide groups is 1. The Morgan fingerprint density at radius 1 is 1.05 bits per heavy atom. The average Bonchev–Trinajstić information content (AvgIpc) is 3.20. The Balaban J connectivity index is 0.000000551. The highest BCUT2D eigenvalue weighted by Crippen LogP contribution is 2.28. The molecule has 0 spiro atoms. The fraction of sp³-hybridized carbons (Fsp3) is 0.346. The van der Waals surface area contributed by atoms with Gasteiger partial charge in [0.2, 0.25) is 0 Å². The van der Waals surface area contributed by atoms with Crippen molar-refractivity contribution in [2.24, 2.45) is 4.99 Å². The topological polar surface area (TPSA) is 131 Å². The molecule has 1 heterocycles. The Kier molecular flexibility index (Phi) is 18.3. The third-order valence-corrected chi connectivity index (χ3v) is 7.18. The van der Waals surface area contributed by atoms with E-state index in [9.17, 15) is 19.2 Å². The van der Waals surface area contributed by atoms with Gasteiger partial charge in [0, 0.05) is 14.6 Å². The largest absolute Gasteiger partial charge is 0.465 e. The molecule has 13 heteroatoms. The van der Waals surface area contributed by atoms with Crippen molar-refractivity contribution in [1.82, 2.24) is 5.32 Å². The third-order valence-electron chi connectivity index (χ3n) is 4.67. The number of nitrogens with zero attached hydrogens (tertiary/aromatic N) is 2. The fourth-order valence-electron chi connectivity index (χ4n) is 3.09. The molecule has 2 aromatic carbocycles. The predicted octanol–water partition coefficient (Wildman–Crippen LogP) is 6.01. The van der Waals surface area contributed by atoms with E-state index >= 15 is 0 Å². The Bertz CT molecular complexity index is 1120. The first-order valence-electron chi connectivity index (χ1n) is 11.4. The number of alkyl halides is 2. The minimum absolute atomic E-state index is 0.0764. The highest BCUT2D eigenvalue weighted by atomic mass is 79.9. The molecule has 0 atom stereocenters. The lowest BCUT2D eigenvalue weighted by atomic mass is 10.1. The Morgan fingerprint density at radius 2 is 1.51 bits per heavy atom. The minimum atomic E-state index is -0.416. The summed E-state index contributed by atoms with van der Waals surface area (Å²) in [6.45, 7) is 9.98. The molecular weight excluding hydrogens is 679 g/mol. The lowest BCUT2D eigenvalue weighted by molar-refractivity contribution is -0.141. The van der Waals surface area contributed by atoms with Gasteiger partial charge in [0.25, 0.3) is 5.91 Å². The van der Waals surface area contributed by atoms with E-state index in [1.54, 1.807) is 6.92 Å². The molecule has 3 N–H and O–H groups in total. The van der Waals surface area contributed by atoms with Gasteiger partial charge in [0.05, 0.1) is 30.4 Å². The highest BCUT2D eigenvalue weighted by Gasteiger charge is 2.30. The molecule has 214 valence electrons. The van der Waals surface area contributed by atoms with Crippen LogP contribution in [0.4, 0.5) is 16.2 Å². The summed E-state index contributed by atoms with van der Waals surface area (Å²) in [6.07, 6.45) is 1.54. The molecule has 1 aliphatic rings. The fourth-order valence-corrected chi connectivity index (χ4v) is 3.55. The molecule has 0 radical (unpaired) electrons. The molecule has 0 saturated carbocycles. The van der Waals surface area contributed by atoms with Gasteiger partial charge in [-0.25, -0.2) is 9.69 Å². The first kappa shape index (κ1) is 36.5. The van der Waals surface area contributed by atoms with Crippen LogP contribution in [0.15, 0.2) is 38.2 Å². The number of hydrogen-bond donors (Lipinski definition) is 2. The van der Waals surface area contributed by atoms with Gasteiger partial charge in [-0.15, -0.1) is 23.2 Å². The number of carbonyl (C=O) groups is 4. The number of nitrogen functional groups attached to an aromatic ring is 1. The second kappa shape index (κ2) is 19.6. The van der Waals surface area contributed by atoms with Gasteiger partial charge in [0.15, 0.2) is 6.29 Å². The Labute approximate surface area is 255 Å².